The molecule has 0 aliphatic rings. The molecule has 0 saturated heterocycles. The van der Waals surface area contributed by atoms with Gasteiger partial charge in [0.15, 0.2) is 0 Å². The molecule has 1 aromatic carbocycles. The maximum absolute atomic E-state index is 12.6. The molecule has 2 unspecified atom stereocenters. The quantitative estimate of drug-likeness (QED) is 0.322. The number of nitrogens with one attached hydrogen (secondary N) is 3. The van der Waals surface area contributed by atoms with Gasteiger partial charge in [-0.2, -0.15) is 0 Å². The first kappa shape index (κ1) is 39.8. The van der Waals surface area contributed by atoms with Gasteiger partial charge in [0.1, 0.15) is 23.7 Å². The minimum Gasteiger partial charge on any atom is -0.444 e. The number of benzene rings is 1. The SMILES string of the molecule is CC.CC(C)CC(NC(=O)OC(C)(C)C)C(=O)NC(C=O)Cc1ccccc1.CCCC(=O)CC.CNC. The summed E-state index contributed by atoms with van der Waals surface area (Å²) in [6.07, 6.45) is 3.37. The van der Waals surface area contributed by atoms with Crippen LogP contribution >= 0.6 is 0 Å². The van der Waals surface area contributed by atoms with Gasteiger partial charge in [-0.3, -0.25) is 9.59 Å². The van der Waals surface area contributed by atoms with E-state index in [1.54, 1.807) is 20.8 Å². The van der Waals surface area contributed by atoms with Crippen molar-refractivity contribution in [2.24, 2.45) is 5.92 Å². The summed E-state index contributed by atoms with van der Waals surface area (Å²) >= 11 is 0. The van der Waals surface area contributed by atoms with Crippen LogP contribution in [-0.2, 0) is 25.5 Å². The van der Waals surface area contributed by atoms with E-state index in [4.69, 9.17) is 4.74 Å². The molecule has 0 heterocycles. The molecule has 0 aliphatic heterocycles. The van der Waals surface area contributed by atoms with Crippen LogP contribution in [0.1, 0.15) is 93.6 Å². The van der Waals surface area contributed by atoms with E-state index in [0.717, 1.165) is 18.4 Å². The molecule has 0 aliphatic carbocycles. The lowest BCUT2D eigenvalue weighted by atomic mass is 10.0. The largest absolute Gasteiger partial charge is 0.444 e. The van der Waals surface area contributed by atoms with Crippen molar-refractivity contribution < 1.29 is 23.9 Å². The Hall–Kier alpha value is -2.74. The van der Waals surface area contributed by atoms with Crippen LogP contribution in [0.3, 0.4) is 0 Å². The summed E-state index contributed by atoms with van der Waals surface area (Å²) in [5, 5.41) is 8.07. The number of ketones is 1. The van der Waals surface area contributed by atoms with Crippen molar-refractivity contribution in [2.45, 2.75) is 112 Å². The van der Waals surface area contributed by atoms with E-state index >= 15 is 0 Å². The zero-order valence-corrected chi connectivity index (χ0v) is 25.8. The fourth-order valence-electron chi connectivity index (χ4n) is 2.89. The van der Waals surface area contributed by atoms with Crippen molar-refractivity contribution in [1.82, 2.24) is 16.0 Å². The van der Waals surface area contributed by atoms with E-state index < -0.39 is 29.7 Å². The summed E-state index contributed by atoms with van der Waals surface area (Å²) in [7, 11) is 3.75. The average Bonchev–Trinajstić information content (AvgIpc) is 2.84. The highest BCUT2D eigenvalue weighted by molar-refractivity contribution is 5.87. The normalized spacial score (nSPS) is 11.6. The standard InChI is InChI=1S/C20H30N2O4.C6H12O.C2H7N.C2H6/c1-14(2)11-17(22-19(25)26-20(3,4)5)18(24)21-16(13-23)12-15-9-7-6-8-10-15;1-3-5-6(7)4-2;1-3-2;1-2/h6-10,13-14,16-17H,11-12H2,1-5H3,(H,21,24)(H,22,25);3-5H2,1-2H3;3H,1-2H3;1-2H3. The lowest BCUT2D eigenvalue weighted by Gasteiger charge is -2.25. The van der Waals surface area contributed by atoms with Gasteiger partial charge >= 0.3 is 6.09 Å². The van der Waals surface area contributed by atoms with Crippen LogP contribution in [0.4, 0.5) is 4.79 Å². The van der Waals surface area contributed by atoms with Crippen molar-refractivity contribution in [1.29, 1.82) is 0 Å². The zero-order valence-electron chi connectivity index (χ0n) is 25.8. The number of rotatable bonds is 11. The summed E-state index contributed by atoms with van der Waals surface area (Å²) in [5.41, 5.74) is 0.298. The number of alkyl carbamates (subject to hydrolysis) is 1. The van der Waals surface area contributed by atoms with Crippen LogP contribution in [0.5, 0.6) is 0 Å². The molecule has 8 heteroatoms. The molecule has 0 saturated carbocycles. The van der Waals surface area contributed by atoms with Crippen molar-refractivity contribution in [3.8, 4) is 0 Å². The number of amides is 2. The van der Waals surface area contributed by atoms with E-state index in [1.165, 1.54) is 0 Å². The van der Waals surface area contributed by atoms with E-state index in [9.17, 15) is 19.2 Å². The van der Waals surface area contributed by atoms with Crippen LogP contribution < -0.4 is 16.0 Å². The van der Waals surface area contributed by atoms with Crippen LogP contribution in [0.2, 0.25) is 0 Å². The molecule has 3 N–H and O–H groups in total. The lowest BCUT2D eigenvalue weighted by Crippen LogP contribution is -2.51. The Bertz CT molecular complexity index is 746. The molecule has 0 radical (unpaired) electrons. The summed E-state index contributed by atoms with van der Waals surface area (Å²) in [5.74, 6) is 0.171. The van der Waals surface area contributed by atoms with E-state index in [-0.39, 0.29) is 5.92 Å². The third kappa shape index (κ3) is 24.9. The molecule has 2 atom stereocenters. The zero-order chi connectivity index (χ0) is 30.1. The van der Waals surface area contributed by atoms with Gasteiger partial charge in [0, 0.05) is 12.8 Å². The minimum absolute atomic E-state index is 0.185. The Morgan fingerprint density at radius 1 is 0.974 bits per heavy atom. The Labute approximate surface area is 232 Å². The summed E-state index contributed by atoms with van der Waals surface area (Å²) in [6, 6.07) is 8.03. The molecule has 0 fully saturated rings. The summed E-state index contributed by atoms with van der Waals surface area (Å²) in [6.45, 7) is 17.1. The summed E-state index contributed by atoms with van der Waals surface area (Å²) in [4.78, 5) is 46.4. The highest BCUT2D eigenvalue weighted by Crippen LogP contribution is 2.10. The third-order valence-corrected chi connectivity index (χ3v) is 4.43. The number of hydrogen-bond acceptors (Lipinski definition) is 6. The Kier molecular flexibility index (Phi) is 25.7. The van der Waals surface area contributed by atoms with Gasteiger partial charge in [0.25, 0.3) is 0 Å². The molecule has 0 bridgehead atoms. The smallest absolute Gasteiger partial charge is 0.408 e. The van der Waals surface area contributed by atoms with Crippen molar-refractivity contribution in [3.63, 3.8) is 0 Å². The first-order valence-electron chi connectivity index (χ1n) is 13.7. The van der Waals surface area contributed by atoms with E-state index in [2.05, 4.69) is 16.0 Å². The van der Waals surface area contributed by atoms with Gasteiger partial charge in [-0.05, 0) is 65.6 Å². The maximum atomic E-state index is 12.6. The number of ether oxygens (including phenoxy) is 1. The van der Waals surface area contributed by atoms with Gasteiger partial charge in [-0.1, -0.05) is 71.9 Å². The number of carbonyl (C=O) groups excluding carboxylic acids is 4. The highest BCUT2D eigenvalue weighted by atomic mass is 16.6. The Balaban J connectivity index is -0.000000856. The van der Waals surface area contributed by atoms with Crippen molar-refractivity contribution in [2.75, 3.05) is 14.1 Å². The van der Waals surface area contributed by atoms with E-state index in [0.29, 0.717) is 31.3 Å². The van der Waals surface area contributed by atoms with Gasteiger partial charge < -0.3 is 25.5 Å². The molecule has 220 valence electrons. The molecule has 0 aromatic heterocycles. The predicted molar refractivity (Wildman–Crippen MR) is 157 cm³/mol. The highest BCUT2D eigenvalue weighted by Gasteiger charge is 2.26. The summed E-state index contributed by atoms with van der Waals surface area (Å²) < 4.78 is 5.23. The first-order valence-corrected chi connectivity index (χ1v) is 13.7. The van der Waals surface area contributed by atoms with Crippen LogP contribution in [-0.4, -0.2) is 55.8 Å². The monoisotopic (exact) mass is 537 g/mol. The molecule has 2 amide bonds. The predicted octanol–water partition coefficient (Wildman–Crippen LogP) is 5.48. The second-order valence-corrected chi connectivity index (χ2v) is 9.91. The van der Waals surface area contributed by atoms with Gasteiger partial charge in [0.2, 0.25) is 5.91 Å². The average molecular weight is 538 g/mol. The topological polar surface area (TPSA) is 114 Å². The maximum Gasteiger partial charge on any atom is 0.408 e. The van der Waals surface area contributed by atoms with E-state index in [1.807, 2.05) is 86.0 Å². The van der Waals surface area contributed by atoms with Crippen LogP contribution in [0.15, 0.2) is 30.3 Å². The molecule has 1 rings (SSSR count). The second-order valence-electron chi connectivity index (χ2n) is 9.91. The molecule has 1 aromatic rings. The van der Waals surface area contributed by atoms with Crippen molar-refractivity contribution in [3.05, 3.63) is 35.9 Å². The Morgan fingerprint density at radius 2 is 1.50 bits per heavy atom. The van der Waals surface area contributed by atoms with Crippen LogP contribution in [0.25, 0.3) is 0 Å². The second kappa shape index (κ2) is 24.6. The van der Waals surface area contributed by atoms with Gasteiger partial charge in [-0.25, -0.2) is 4.79 Å². The van der Waals surface area contributed by atoms with Gasteiger partial charge in [0.05, 0.1) is 6.04 Å². The third-order valence-electron chi connectivity index (χ3n) is 4.43. The molecular weight excluding hydrogens is 482 g/mol. The molecule has 8 nitrogen and oxygen atoms in total. The number of aldehydes is 1. The molecule has 38 heavy (non-hydrogen) atoms. The molecular formula is C30H55N3O5. The fraction of sp³-hybridized carbons (Fsp3) is 0.667. The lowest BCUT2D eigenvalue weighted by molar-refractivity contribution is -0.126. The Morgan fingerprint density at radius 3 is 1.87 bits per heavy atom. The first-order chi connectivity index (χ1) is 17.8. The minimum atomic E-state index is -0.761. The van der Waals surface area contributed by atoms with Gasteiger partial charge in [-0.15, -0.1) is 0 Å². The number of Topliss-reactive ketones (excluding diaryl/α,β-unsaturated/α-hetero) is 1. The van der Waals surface area contributed by atoms with Crippen LogP contribution in [0, 0.1) is 5.92 Å². The number of carbonyl (C=O) groups is 4. The van der Waals surface area contributed by atoms with Crippen molar-refractivity contribution >= 4 is 24.1 Å². The fourth-order valence-corrected chi connectivity index (χ4v) is 2.89. The number of hydrogen-bond donors (Lipinski definition) is 3. The molecule has 0 spiro atoms.